The molecule has 0 amide bonds. The van der Waals surface area contributed by atoms with Gasteiger partial charge in [-0.2, -0.15) is 0 Å². The highest BCUT2D eigenvalue weighted by molar-refractivity contribution is 9.10. The summed E-state index contributed by atoms with van der Waals surface area (Å²) in [6, 6.07) is 3.86. The van der Waals surface area contributed by atoms with Crippen molar-refractivity contribution in [3.63, 3.8) is 0 Å². The van der Waals surface area contributed by atoms with Crippen LogP contribution in [0.4, 0.5) is 0 Å². The van der Waals surface area contributed by atoms with Crippen LogP contribution in [0.2, 0.25) is 0 Å². The maximum Gasteiger partial charge on any atom is 0.162 e. The smallest absolute Gasteiger partial charge is 0.162 e. The molecule has 0 fully saturated rings. The number of hydrogen-bond donors (Lipinski definition) is 1. The lowest BCUT2D eigenvalue weighted by atomic mass is 9.88. The van der Waals surface area contributed by atoms with E-state index in [0.29, 0.717) is 19.1 Å². The van der Waals surface area contributed by atoms with Crippen molar-refractivity contribution < 1.29 is 14.6 Å². The lowest BCUT2D eigenvalue weighted by Gasteiger charge is -2.24. The number of hydrogen-bond acceptors (Lipinski definition) is 3. The van der Waals surface area contributed by atoms with Crippen LogP contribution in [0, 0.1) is 5.92 Å². The second-order valence-corrected chi connectivity index (χ2v) is 6.51. The van der Waals surface area contributed by atoms with Gasteiger partial charge in [-0.1, -0.05) is 42.6 Å². The van der Waals surface area contributed by atoms with Gasteiger partial charge in [0.05, 0.1) is 19.3 Å². The van der Waals surface area contributed by atoms with Crippen molar-refractivity contribution >= 4 is 15.9 Å². The SMILES string of the molecule is CCCC(CCC)C(O)c1cc2c(cc1Br)OCCCO2. The van der Waals surface area contributed by atoms with Gasteiger partial charge in [0.25, 0.3) is 0 Å². The zero-order valence-corrected chi connectivity index (χ0v) is 14.5. The maximum absolute atomic E-state index is 10.8. The van der Waals surface area contributed by atoms with Crippen LogP contribution in [-0.4, -0.2) is 18.3 Å². The van der Waals surface area contributed by atoms with Crippen molar-refractivity contribution in [1.29, 1.82) is 0 Å². The number of aliphatic hydroxyl groups is 1. The lowest BCUT2D eigenvalue weighted by molar-refractivity contribution is 0.0955. The molecule has 0 aromatic heterocycles. The van der Waals surface area contributed by atoms with Crippen molar-refractivity contribution in [2.45, 2.75) is 52.1 Å². The normalized spacial score (nSPS) is 15.9. The Hall–Kier alpha value is -0.740. The molecular formula is C17H25BrO3. The minimum atomic E-state index is -0.462. The Labute approximate surface area is 135 Å². The Morgan fingerprint density at radius 2 is 1.67 bits per heavy atom. The molecule has 1 aromatic carbocycles. The monoisotopic (exact) mass is 356 g/mol. The number of rotatable bonds is 6. The summed E-state index contributed by atoms with van der Waals surface area (Å²) < 4.78 is 12.3. The first-order valence-corrected chi connectivity index (χ1v) is 8.73. The van der Waals surface area contributed by atoms with Gasteiger partial charge >= 0.3 is 0 Å². The first-order valence-electron chi connectivity index (χ1n) is 7.94. The fraction of sp³-hybridized carbons (Fsp3) is 0.647. The molecule has 0 aliphatic carbocycles. The van der Waals surface area contributed by atoms with Gasteiger partial charge in [0, 0.05) is 10.9 Å². The van der Waals surface area contributed by atoms with E-state index in [2.05, 4.69) is 29.8 Å². The molecule has 1 aliphatic rings. The molecule has 21 heavy (non-hydrogen) atoms. The van der Waals surface area contributed by atoms with Crippen LogP contribution in [0.1, 0.15) is 57.6 Å². The highest BCUT2D eigenvalue weighted by Gasteiger charge is 2.24. The number of ether oxygens (including phenoxy) is 2. The van der Waals surface area contributed by atoms with Crippen LogP contribution in [0.5, 0.6) is 11.5 Å². The molecule has 2 rings (SSSR count). The second kappa shape index (κ2) is 8.04. The van der Waals surface area contributed by atoms with E-state index in [9.17, 15) is 5.11 Å². The third-order valence-electron chi connectivity index (χ3n) is 3.95. The van der Waals surface area contributed by atoms with Gasteiger partial charge in [0.15, 0.2) is 11.5 Å². The molecule has 4 heteroatoms. The van der Waals surface area contributed by atoms with E-state index in [4.69, 9.17) is 9.47 Å². The van der Waals surface area contributed by atoms with E-state index in [0.717, 1.165) is 53.6 Å². The zero-order valence-electron chi connectivity index (χ0n) is 12.9. The van der Waals surface area contributed by atoms with Crippen molar-refractivity contribution in [3.8, 4) is 11.5 Å². The number of aliphatic hydroxyl groups excluding tert-OH is 1. The molecule has 1 N–H and O–H groups in total. The van der Waals surface area contributed by atoms with Gasteiger partial charge in [-0.15, -0.1) is 0 Å². The summed E-state index contributed by atoms with van der Waals surface area (Å²) >= 11 is 3.58. The number of benzene rings is 1. The highest BCUT2D eigenvalue weighted by Crippen LogP contribution is 2.40. The Morgan fingerprint density at radius 1 is 1.10 bits per heavy atom. The molecule has 3 nitrogen and oxygen atoms in total. The Morgan fingerprint density at radius 3 is 2.24 bits per heavy atom. The van der Waals surface area contributed by atoms with Crippen molar-refractivity contribution in [2.24, 2.45) is 5.92 Å². The predicted molar refractivity (Wildman–Crippen MR) is 88.0 cm³/mol. The third kappa shape index (κ3) is 4.13. The third-order valence-corrected chi connectivity index (χ3v) is 4.64. The van der Waals surface area contributed by atoms with Crippen LogP contribution in [0.3, 0.4) is 0 Å². The van der Waals surface area contributed by atoms with E-state index in [1.807, 2.05) is 12.1 Å². The summed E-state index contributed by atoms with van der Waals surface area (Å²) in [5.74, 6) is 1.80. The van der Waals surface area contributed by atoms with Gasteiger partial charge in [-0.3, -0.25) is 0 Å². The molecule has 0 saturated carbocycles. The summed E-state index contributed by atoms with van der Waals surface area (Å²) in [6.07, 6.45) is 4.68. The van der Waals surface area contributed by atoms with Crippen molar-refractivity contribution in [2.75, 3.05) is 13.2 Å². The molecule has 1 atom stereocenters. The van der Waals surface area contributed by atoms with Gasteiger partial charge in [0.1, 0.15) is 0 Å². The van der Waals surface area contributed by atoms with Gasteiger partial charge < -0.3 is 14.6 Å². The number of fused-ring (bicyclic) bond motifs is 1. The summed E-state index contributed by atoms with van der Waals surface area (Å²) in [5.41, 5.74) is 0.908. The fourth-order valence-electron chi connectivity index (χ4n) is 2.88. The summed E-state index contributed by atoms with van der Waals surface area (Å²) in [5, 5.41) is 10.8. The molecule has 0 bridgehead atoms. The van der Waals surface area contributed by atoms with Crippen LogP contribution < -0.4 is 9.47 Å². The fourth-order valence-corrected chi connectivity index (χ4v) is 3.44. The lowest BCUT2D eigenvalue weighted by Crippen LogP contribution is -2.13. The van der Waals surface area contributed by atoms with Crippen molar-refractivity contribution in [1.82, 2.24) is 0 Å². The summed E-state index contributed by atoms with van der Waals surface area (Å²) in [4.78, 5) is 0. The van der Waals surface area contributed by atoms with Crippen LogP contribution in [0.25, 0.3) is 0 Å². The number of halogens is 1. The summed E-state index contributed by atoms with van der Waals surface area (Å²) in [7, 11) is 0. The van der Waals surface area contributed by atoms with Gasteiger partial charge in [-0.25, -0.2) is 0 Å². The van der Waals surface area contributed by atoms with E-state index < -0.39 is 6.10 Å². The minimum Gasteiger partial charge on any atom is -0.490 e. The maximum atomic E-state index is 10.8. The topological polar surface area (TPSA) is 38.7 Å². The van der Waals surface area contributed by atoms with E-state index in [1.54, 1.807) is 0 Å². The molecule has 0 spiro atoms. The standard InChI is InChI=1S/C17H25BrO3/c1-3-6-12(7-4-2)17(19)13-10-15-16(11-14(13)18)21-9-5-8-20-15/h10-12,17,19H,3-9H2,1-2H3. The van der Waals surface area contributed by atoms with E-state index >= 15 is 0 Å². The second-order valence-electron chi connectivity index (χ2n) is 5.65. The zero-order chi connectivity index (χ0) is 15.2. The van der Waals surface area contributed by atoms with Crippen LogP contribution >= 0.6 is 15.9 Å². The molecule has 0 radical (unpaired) electrons. The first kappa shape index (κ1) is 16.6. The van der Waals surface area contributed by atoms with Gasteiger partial charge in [-0.05, 0) is 36.5 Å². The molecular weight excluding hydrogens is 332 g/mol. The Kier molecular flexibility index (Phi) is 6.37. The predicted octanol–water partition coefficient (Wildman–Crippen LogP) is 4.86. The molecule has 1 heterocycles. The average Bonchev–Trinajstić information content (AvgIpc) is 2.70. The quantitative estimate of drug-likeness (QED) is 0.790. The van der Waals surface area contributed by atoms with E-state index in [-0.39, 0.29) is 0 Å². The molecule has 1 aliphatic heterocycles. The largest absolute Gasteiger partial charge is 0.490 e. The molecule has 1 aromatic rings. The van der Waals surface area contributed by atoms with Crippen molar-refractivity contribution in [3.05, 3.63) is 22.2 Å². The Bertz CT molecular complexity index is 456. The van der Waals surface area contributed by atoms with E-state index in [1.165, 1.54) is 0 Å². The molecule has 0 saturated heterocycles. The molecule has 1 unspecified atom stereocenters. The Balaban J connectivity index is 2.27. The summed E-state index contributed by atoms with van der Waals surface area (Å²) in [6.45, 7) is 5.67. The highest BCUT2D eigenvalue weighted by atomic mass is 79.9. The average molecular weight is 357 g/mol. The van der Waals surface area contributed by atoms with Crippen LogP contribution in [0.15, 0.2) is 16.6 Å². The van der Waals surface area contributed by atoms with Crippen LogP contribution in [-0.2, 0) is 0 Å². The van der Waals surface area contributed by atoms with Gasteiger partial charge in [0.2, 0.25) is 0 Å². The first-order chi connectivity index (χ1) is 10.2. The minimum absolute atomic E-state index is 0.293. The molecule has 118 valence electrons.